The number of carboxylic acids is 1. The van der Waals surface area contributed by atoms with Gasteiger partial charge in [0.25, 0.3) is 0 Å². The maximum atomic E-state index is 11.6. The van der Waals surface area contributed by atoms with Crippen LogP contribution in [0.4, 0.5) is 0 Å². The van der Waals surface area contributed by atoms with Gasteiger partial charge in [0.05, 0.1) is 6.54 Å². The van der Waals surface area contributed by atoms with Crippen molar-refractivity contribution in [2.24, 2.45) is 7.05 Å². The fourth-order valence-electron chi connectivity index (χ4n) is 1.19. The second-order valence-electron chi connectivity index (χ2n) is 3.69. The summed E-state index contributed by atoms with van der Waals surface area (Å²) in [5.41, 5.74) is 0.244. The molecular weight excluding hydrogens is 222 g/mol. The minimum Gasteiger partial charge on any atom is -0.478 e. The van der Waals surface area contributed by atoms with Gasteiger partial charge in [0, 0.05) is 30.6 Å². The van der Waals surface area contributed by atoms with Crippen LogP contribution < -0.4 is 5.32 Å². The first-order valence-electron chi connectivity index (χ1n) is 5.08. The van der Waals surface area contributed by atoms with E-state index in [1.807, 2.05) is 7.05 Å². The van der Waals surface area contributed by atoms with Crippen molar-refractivity contribution in [3.8, 4) is 0 Å². The average Bonchev–Trinajstić information content (AvgIpc) is 2.69. The molecule has 0 aliphatic rings. The second-order valence-corrected chi connectivity index (χ2v) is 3.69. The monoisotopic (exact) mass is 237 g/mol. The predicted molar refractivity (Wildman–Crippen MR) is 61.1 cm³/mol. The number of nitrogens with one attached hydrogen (secondary N) is 1. The third-order valence-electron chi connectivity index (χ3n) is 2.55. The van der Waals surface area contributed by atoms with Crippen molar-refractivity contribution >= 4 is 11.9 Å². The van der Waals surface area contributed by atoms with Crippen molar-refractivity contribution in [1.82, 2.24) is 14.9 Å². The Morgan fingerprint density at radius 1 is 1.41 bits per heavy atom. The Kier molecular flexibility index (Phi) is 4.03. The molecule has 0 spiro atoms. The fourth-order valence-corrected chi connectivity index (χ4v) is 1.19. The first-order chi connectivity index (χ1) is 7.93. The molecule has 2 N–H and O–H groups in total. The van der Waals surface area contributed by atoms with Gasteiger partial charge in [-0.05, 0) is 13.8 Å². The number of nitrogens with zero attached hydrogens (tertiary/aromatic N) is 2. The van der Waals surface area contributed by atoms with Crippen molar-refractivity contribution in [2.75, 3.05) is 0 Å². The molecule has 0 bridgehead atoms. The van der Waals surface area contributed by atoms with Crippen LogP contribution in [-0.2, 0) is 23.2 Å². The summed E-state index contributed by atoms with van der Waals surface area (Å²) in [4.78, 5) is 26.3. The normalized spacial score (nSPS) is 11.9. The number of carboxylic acid groups (broad SMARTS) is 1. The third-order valence-corrected chi connectivity index (χ3v) is 2.55. The highest BCUT2D eigenvalue weighted by Crippen LogP contribution is 2.04. The number of aromatic nitrogens is 2. The van der Waals surface area contributed by atoms with E-state index in [1.165, 1.54) is 13.8 Å². The second kappa shape index (κ2) is 5.29. The van der Waals surface area contributed by atoms with Crippen molar-refractivity contribution in [2.45, 2.75) is 20.4 Å². The maximum Gasteiger partial charge on any atom is 0.331 e. The Morgan fingerprint density at radius 3 is 2.53 bits per heavy atom. The first kappa shape index (κ1) is 13.0. The number of carbonyl (C=O) groups is 2. The SMILES string of the molecule is CC(C(=O)O)=C(C)C(=O)NCc1nccn1C. The molecule has 1 aromatic heterocycles. The summed E-state index contributed by atoms with van der Waals surface area (Å²) < 4.78 is 1.78. The highest BCUT2D eigenvalue weighted by molar-refractivity contribution is 6.01. The Hall–Kier alpha value is -2.11. The standard InChI is InChI=1S/C11H15N3O3/c1-7(8(2)11(16)17)10(15)13-6-9-12-4-5-14(9)3/h4-5H,6H2,1-3H3,(H,13,15)(H,16,17). The molecule has 0 aliphatic heterocycles. The molecule has 92 valence electrons. The molecule has 0 aromatic carbocycles. The molecule has 6 nitrogen and oxygen atoms in total. The molecule has 0 saturated carbocycles. The quantitative estimate of drug-likeness (QED) is 0.745. The zero-order valence-corrected chi connectivity index (χ0v) is 10.0. The number of hydrogen-bond donors (Lipinski definition) is 2. The van der Waals surface area contributed by atoms with Crippen LogP contribution in [0.5, 0.6) is 0 Å². The Labute approximate surface area is 99.0 Å². The van der Waals surface area contributed by atoms with Crippen LogP contribution in [0.2, 0.25) is 0 Å². The number of aryl methyl sites for hydroxylation is 1. The molecule has 1 heterocycles. The van der Waals surface area contributed by atoms with E-state index in [0.29, 0.717) is 5.82 Å². The molecule has 1 aromatic rings. The number of amides is 1. The topological polar surface area (TPSA) is 84.2 Å². The summed E-state index contributed by atoms with van der Waals surface area (Å²) in [6, 6.07) is 0. The Bertz CT molecular complexity index is 474. The lowest BCUT2D eigenvalue weighted by atomic mass is 10.1. The van der Waals surface area contributed by atoms with E-state index in [1.54, 1.807) is 17.0 Å². The summed E-state index contributed by atoms with van der Waals surface area (Å²) in [5.74, 6) is -0.776. The van der Waals surface area contributed by atoms with Crippen molar-refractivity contribution in [3.05, 3.63) is 29.4 Å². The lowest BCUT2D eigenvalue weighted by molar-refractivity contribution is -0.133. The van der Waals surface area contributed by atoms with E-state index in [2.05, 4.69) is 10.3 Å². The van der Waals surface area contributed by atoms with E-state index >= 15 is 0 Å². The number of rotatable bonds is 4. The molecule has 0 saturated heterocycles. The van der Waals surface area contributed by atoms with E-state index in [9.17, 15) is 9.59 Å². The van der Waals surface area contributed by atoms with Gasteiger partial charge in [-0.15, -0.1) is 0 Å². The molecular formula is C11H15N3O3. The van der Waals surface area contributed by atoms with Crippen LogP contribution in [-0.4, -0.2) is 26.5 Å². The van der Waals surface area contributed by atoms with E-state index in [-0.39, 0.29) is 17.7 Å². The molecule has 1 rings (SSSR count). The van der Waals surface area contributed by atoms with E-state index in [4.69, 9.17) is 5.11 Å². The highest BCUT2D eigenvalue weighted by Gasteiger charge is 2.12. The third kappa shape index (κ3) is 3.17. The highest BCUT2D eigenvalue weighted by atomic mass is 16.4. The van der Waals surface area contributed by atoms with Crippen LogP contribution >= 0.6 is 0 Å². The summed E-state index contributed by atoms with van der Waals surface area (Å²) in [7, 11) is 1.82. The average molecular weight is 237 g/mol. The molecule has 17 heavy (non-hydrogen) atoms. The minimum atomic E-state index is -1.09. The number of aliphatic carboxylic acids is 1. The maximum absolute atomic E-state index is 11.6. The Balaban J connectivity index is 2.65. The van der Waals surface area contributed by atoms with Crippen LogP contribution in [0.15, 0.2) is 23.5 Å². The van der Waals surface area contributed by atoms with Crippen LogP contribution in [0.1, 0.15) is 19.7 Å². The molecule has 0 aliphatic carbocycles. The molecule has 0 atom stereocenters. The molecule has 6 heteroatoms. The molecule has 0 fully saturated rings. The number of imidazole rings is 1. The first-order valence-corrected chi connectivity index (χ1v) is 5.08. The van der Waals surface area contributed by atoms with Gasteiger partial charge in [0.15, 0.2) is 0 Å². The van der Waals surface area contributed by atoms with Gasteiger partial charge in [0.2, 0.25) is 5.91 Å². The lowest BCUT2D eigenvalue weighted by Crippen LogP contribution is -2.26. The van der Waals surface area contributed by atoms with Gasteiger partial charge in [-0.3, -0.25) is 4.79 Å². The van der Waals surface area contributed by atoms with Gasteiger partial charge in [-0.25, -0.2) is 9.78 Å². The fraction of sp³-hybridized carbons (Fsp3) is 0.364. The molecule has 1 amide bonds. The summed E-state index contributed by atoms with van der Waals surface area (Å²) in [6.45, 7) is 3.15. The summed E-state index contributed by atoms with van der Waals surface area (Å²) in [5, 5.41) is 11.4. The smallest absolute Gasteiger partial charge is 0.331 e. The number of carbonyl (C=O) groups excluding carboxylic acids is 1. The zero-order chi connectivity index (χ0) is 13.0. The van der Waals surface area contributed by atoms with Crippen LogP contribution in [0.3, 0.4) is 0 Å². The molecule has 0 unspecified atom stereocenters. The van der Waals surface area contributed by atoms with E-state index in [0.717, 1.165) is 0 Å². The summed E-state index contributed by atoms with van der Waals surface area (Å²) >= 11 is 0. The van der Waals surface area contributed by atoms with Crippen molar-refractivity contribution in [3.63, 3.8) is 0 Å². The molecule has 0 radical (unpaired) electrons. The van der Waals surface area contributed by atoms with Gasteiger partial charge < -0.3 is 15.0 Å². The predicted octanol–water partition coefficient (Wildman–Crippen LogP) is 0.457. The Morgan fingerprint density at radius 2 is 2.06 bits per heavy atom. The lowest BCUT2D eigenvalue weighted by Gasteiger charge is -2.06. The van der Waals surface area contributed by atoms with E-state index < -0.39 is 11.9 Å². The number of hydrogen-bond acceptors (Lipinski definition) is 3. The minimum absolute atomic E-state index is 0.0438. The van der Waals surface area contributed by atoms with Crippen molar-refractivity contribution in [1.29, 1.82) is 0 Å². The zero-order valence-electron chi connectivity index (χ0n) is 10.0. The van der Waals surface area contributed by atoms with Gasteiger partial charge >= 0.3 is 5.97 Å². The van der Waals surface area contributed by atoms with Gasteiger partial charge in [0.1, 0.15) is 5.82 Å². The van der Waals surface area contributed by atoms with Gasteiger partial charge in [-0.2, -0.15) is 0 Å². The largest absolute Gasteiger partial charge is 0.478 e. The van der Waals surface area contributed by atoms with Crippen LogP contribution in [0.25, 0.3) is 0 Å². The van der Waals surface area contributed by atoms with Crippen LogP contribution in [0, 0.1) is 0 Å². The summed E-state index contributed by atoms with van der Waals surface area (Å²) in [6.07, 6.45) is 3.40. The van der Waals surface area contributed by atoms with Gasteiger partial charge in [-0.1, -0.05) is 0 Å². The van der Waals surface area contributed by atoms with Crippen molar-refractivity contribution < 1.29 is 14.7 Å².